The molecule has 32 heavy (non-hydrogen) atoms. The minimum absolute atomic E-state index is 0.127. The Morgan fingerprint density at radius 1 is 0.906 bits per heavy atom. The predicted octanol–water partition coefficient (Wildman–Crippen LogP) is 2.77. The summed E-state index contributed by atoms with van der Waals surface area (Å²) in [6.07, 6.45) is -0.683. The molecule has 0 spiro atoms. The van der Waals surface area contributed by atoms with Gasteiger partial charge < -0.3 is 23.8 Å². The molecule has 2 aliphatic heterocycles. The molecule has 5 rings (SSSR count). The van der Waals surface area contributed by atoms with E-state index in [1.807, 2.05) is 48.5 Å². The first-order valence-corrected chi connectivity index (χ1v) is 10.6. The minimum Gasteiger partial charge on any atom is -0.485 e. The molecule has 1 atom stereocenters. The topological polar surface area (TPSA) is 85.1 Å². The summed E-state index contributed by atoms with van der Waals surface area (Å²) >= 11 is 0. The second-order valence-electron chi connectivity index (χ2n) is 7.81. The van der Waals surface area contributed by atoms with E-state index in [9.17, 15) is 9.59 Å². The Bertz CT molecular complexity index is 1140. The quantitative estimate of drug-likeness (QED) is 0.632. The van der Waals surface area contributed by atoms with E-state index in [0.717, 1.165) is 5.56 Å². The molecule has 1 aromatic heterocycles. The average molecular weight is 433 g/mol. The Morgan fingerprint density at radius 2 is 1.56 bits per heavy atom. The van der Waals surface area contributed by atoms with Gasteiger partial charge in [0, 0.05) is 31.7 Å². The molecule has 3 aromatic rings. The number of rotatable bonds is 3. The van der Waals surface area contributed by atoms with Crippen LogP contribution < -0.4 is 9.47 Å². The molecule has 0 saturated carbocycles. The lowest BCUT2D eigenvalue weighted by Crippen LogP contribution is -2.55. The summed E-state index contributed by atoms with van der Waals surface area (Å²) in [5.41, 5.74) is 1.84. The number of aryl methyl sites for hydroxylation is 1. The molecular formula is C24H23N3O5. The number of para-hydroxylation sites is 2. The lowest BCUT2D eigenvalue weighted by atomic mass is 10.0. The Labute approximate surface area is 185 Å². The molecule has 1 fully saturated rings. The zero-order chi connectivity index (χ0) is 22.1. The van der Waals surface area contributed by atoms with Crippen molar-refractivity contribution < 1.29 is 23.6 Å². The molecule has 8 heteroatoms. The van der Waals surface area contributed by atoms with E-state index in [2.05, 4.69) is 5.16 Å². The second kappa shape index (κ2) is 8.37. The summed E-state index contributed by atoms with van der Waals surface area (Å²) in [5, 5.41) is 4.11. The molecule has 0 radical (unpaired) electrons. The first-order valence-electron chi connectivity index (χ1n) is 10.6. The number of ether oxygens (including phenoxy) is 2. The van der Waals surface area contributed by atoms with Crippen LogP contribution >= 0.6 is 0 Å². The first-order chi connectivity index (χ1) is 15.6. The van der Waals surface area contributed by atoms with Gasteiger partial charge in [-0.3, -0.25) is 9.59 Å². The fourth-order valence-corrected chi connectivity index (χ4v) is 4.05. The van der Waals surface area contributed by atoms with Gasteiger partial charge in [0.2, 0.25) is 6.10 Å². The number of aromatic nitrogens is 1. The summed E-state index contributed by atoms with van der Waals surface area (Å²) in [4.78, 5) is 29.7. The monoisotopic (exact) mass is 433 g/mol. The lowest BCUT2D eigenvalue weighted by molar-refractivity contribution is -0.142. The van der Waals surface area contributed by atoms with E-state index in [1.54, 1.807) is 22.8 Å². The summed E-state index contributed by atoms with van der Waals surface area (Å²) < 4.78 is 16.9. The van der Waals surface area contributed by atoms with E-state index in [4.69, 9.17) is 14.0 Å². The summed E-state index contributed by atoms with van der Waals surface area (Å²) in [6, 6.07) is 16.8. The third-order valence-corrected chi connectivity index (χ3v) is 5.79. The van der Waals surface area contributed by atoms with Crippen molar-refractivity contribution in [1.29, 1.82) is 0 Å². The molecule has 1 saturated heterocycles. The molecule has 164 valence electrons. The maximum Gasteiger partial charge on any atom is 0.267 e. The summed E-state index contributed by atoms with van der Waals surface area (Å²) in [5.74, 6) is 1.44. The first kappa shape index (κ1) is 20.1. The number of hydrogen-bond donors (Lipinski definition) is 0. The van der Waals surface area contributed by atoms with Crippen molar-refractivity contribution in [1.82, 2.24) is 15.0 Å². The van der Waals surface area contributed by atoms with Gasteiger partial charge in [0.1, 0.15) is 23.6 Å². The number of carbonyl (C=O) groups excluding carboxylic acids is 2. The van der Waals surface area contributed by atoms with Gasteiger partial charge in [-0.25, -0.2) is 0 Å². The molecule has 0 aliphatic carbocycles. The number of nitrogens with zero attached hydrogens (tertiary/aromatic N) is 3. The standard InChI is InChI=1S/C24H23N3O5/c1-16-21(22(25-32-16)17-7-3-2-4-8-17)24(29)27-13-11-26(12-14-27)23(28)20-15-30-18-9-5-6-10-19(18)31-20/h2-10,20H,11-15H2,1H3. The average Bonchev–Trinajstić information content (AvgIpc) is 3.24. The van der Waals surface area contributed by atoms with E-state index in [0.29, 0.717) is 54.7 Å². The van der Waals surface area contributed by atoms with Crippen LogP contribution in [0.5, 0.6) is 11.5 Å². The smallest absolute Gasteiger partial charge is 0.267 e. The number of amides is 2. The highest BCUT2D eigenvalue weighted by atomic mass is 16.6. The zero-order valence-electron chi connectivity index (χ0n) is 17.7. The highest BCUT2D eigenvalue weighted by molar-refractivity contribution is 6.01. The third kappa shape index (κ3) is 3.68. The maximum atomic E-state index is 13.3. The Kier molecular flexibility index (Phi) is 5.26. The number of benzene rings is 2. The molecule has 8 nitrogen and oxygen atoms in total. The fraction of sp³-hybridized carbons (Fsp3) is 0.292. The van der Waals surface area contributed by atoms with Gasteiger partial charge >= 0.3 is 0 Å². The van der Waals surface area contributed by atoms with E-state index < -0.39 is 6.10 Å². The minimum atomic E-state index is -0.683. The van der Waals surface area contributed by atoms with Crippen molar-refractivity contribution >= 4 is 11.8 Å². The van der Waals surface area contributed by atoms with Crippen LogP contribution in [0.1, 0.15) is 16.1 Å². The molecule has 2 aliphatic rings. The molecule has 2 aromatic carbocycles. The zero-order valence-corrected chi connectivity index (χ0v) is 17.7. The Hall–Kier alpha value is -3.81. The Balaban J connectivity index is 1.24. The van der Waals surface area contributed by atoms with Gasteiger partial charge in [0.05, 0.1) is 0 Å². The van der Waals surface area contributed by atoms with Crippen molar-refractivity contribution in [3.8, 4) is 22.8 Å². The number of piperazine rings is 1. The highest BCUT2D eigenvalue weighted by Crippen LogP contribution is 2.31. The van der Waals surface area contributed by atoms with Crippen molar-refractivity contribution in [2.24, 2.45) is 0 Å². The van der Waals surface area contributed by atoms with E-state index in [1.165, 1.54) is 0 Å². The van der Waals surface area contributed by atoms with E-state index >= 15 is 0 Å². The molecule has 2 amide bonds. The summed E-state index contributed by atoms with van der Waals surface area (Å²) in [6.45, 7) is 3.62. The van der Waals surface area contributed by atoms with Crippen LogP contribution in [0.2, 0.25) is 0 Å². The van der Waals surface area contributed by atoms with Gasteiger partial charge in [-0.05, 0) is 19.1 Å². The van der Waals surface area contributed by atoms with Crippen molar-refractivity contribution in [2.75, 3.05) is 32.8 Å². The predicted molar refractivity (Wildman–Crippen MR) is 116 cm³/mol. The number of hydrogen-bond acceptors (Lipinski definition) is 6. The number of fused-ring (bicyclic) bond motifs is 1. The van der Waals surface area contributed by atoms with Gasteiger partial charge in [0.15, 0.2) is 11.5 Å². The van der Waals surface area contributed by atoms with Crippen LogP contribution in [-0.2, 0) is 4.79 Å². The van der Waals surface area contributed by atoms with Crippen LogP contribution in [0.15, 0.2) is 59.1 Å². The van der Waals surface area contributed by atoms with Crippen LogP contribution in [0.25, 0.3) is 11.3 Å². The lowest BCUT2D eigenvalue weighted by Gasteiger charge is -2.37. The van der Waals surface area contributed by atoms with Crippen molar-refractivity contribution in [2.45, 2.75) is 13.0 Å². The van der Waals surface area contributed by atoms with Gasteiger partial charge in [-0.1, -0.05) is 47.6 Å². The normalized spacial score (nSPS) is 17.8. The summed E-state index contributed by atoms with van der Waals surface area (Å²) in [7, 11) is 0. The molecule has 0 bridgehead atoms. The van der Waals surface area contributed by atoms with Crippen LogP contribution in [0, 0.1) is 6.92 Å². The second-order valence-corrected chi connectivity index (χ2v) is 7.81. The maximum absolute atomic E-state index is 13.3. The van der Waals surface area contributed by atoms with Crippen LogP contribution in [0.4, 0.5) is 0 Å². The SMILES string of the molecule is Cc1onc(-c2ccccc2)c1C(=O)N1CCN(C(=O)C2COc3ccccc3O2)CC1. The third-order valence-electron chi connectivity index (χ3n) is 5.79. The highest BCUT2D eigenvalue weighted by Gasteiger charge is 2.34. The van der Waals surface area contributed by atoms with Crippen LogP contribution in [0.3, 0.4) is 0 Å². The molecule has 1 unspecified atom stereocenters. The van der Waals surface area contributed by atoms with Crippen molar-refractivity contribution in [3.63, 3.8) is 0 Å². The molecule has 3 heterocycles. The fourth-order valence-electron chi connectivity index (χ4n) is 4.05. The molecule has 0 N–H and O–H groups in total. The van der Waals surface area contributed by atoms with Gasteiger partial charge in [0.25, 0.3) is 11.8 Å². The van der Waals surface area contributed by atoms with Gasteiger partial charge in [-0.15, -0.1) is 0 Å². The Morgan fingerprint density at radius 3 is 2.31 bits per heavy atom. The number of carbonyl (C=O) groups is 2. The van der Waals surface area contributed by atoms with Gasteiger partial charge in [-0.2, -0.15) is 0 Å². The van der Waals surface area contributed by atoms with Crippen molar-refractivity contribution in [3.05, 3.63) is 65.9 Å². The largest absolute Gasteiger partial charge is 0.485 e. The molecular weight excluding hydrogens is 410 g/mol. The van der Waals surface area contributed by atoms with Crippen LogP contribution in [-0.4, -0.2) is 65.7 Å². The van der Waals surface area contributed by atoms with E-state index in [-0.39, 0.29) is 18.4 Å².